The SMILES string of the molecule is O=S(=O)(/N=C(\c1ccccc1)C(F)(c1ccccc1)c1ccccc1)c1ccccc1. The Hall–Kier alpha value is -3.57. The Morgan fingerprint density at radius 2 is 1.00 bits per heavy atom. The molecule has 4 rings (SSSR count). The highest BCUT2D eigenvalue weighted by molar-refractivity contribution is 7.90. The third-order valence-corrected chi connectivity index (χ3v) is 6.26. The molecule has 0 aromatic heterocycles. The summed E-state index contributed by atoms with van der Waals surface area (Å²) in [5.74, 6) is 0. The van der Waals surface area contributed by atoms with E-state index in [0.29, 0.717) is 16.7 Å². The summed E-state index contributed by atoms with van der Waals surface area (Å²) in [5, 5.41) is 0. The van der Waals surface area contributed by atoms with Gasteiger partial charge in [-0.1, -0.05) is 109 Å². The Balaban J connectivity index is 2.04. The van der Waals surface area contributed by atoms with Crippen LogP contribution in [0.15, 0.2) is 131 Å². The highest BCUT2D eigenvalue weighted by atomic mass is 32.2. The van der Waals surface area contributed by atoms with E-state index in [2.05, 4.69) is 4.40 Å². The summed E-state index contributed by atoms with van der Waals surface area (Å²) in [6.07, 6.45) is 0. The first-order valence-electron chi connectivity index (χ1n) is 9.78. The molecule has 0 saturated heterocycles. The normalized spacial score (nSPS) is 12.5. The minimum atomic E-state index is -4.16. The van der Waals surface area contributed by atoms with Crippen LogP contribution in [0.3, 0.4) is 0 Å². The van der Waals surface area contributed by atoms with Gasteiger partial charge >= 0.3 is 0 Å². The molecular weight excluding hydrogens is 409 g/mol. The van der Waals surface area contributed by atoms with Crippen molar-refractivity contribution in [1.82, 2.24) is 0 Å². The zero-order valence-corrected chi connectivity index (χ0v) is 17.4. The van der Waals surface area contributed by atoms with Crippen LogP contribution in [0.25, 0.3) is 0 Å². The van der Waals surface area contributed by atoms with Crippen molar-refractivity contribution in [3.8, 4) is 0 Å². The molecule has 0 amide bonds. The van der Waals surface area contributed by atoms with Crippen LogP contribution in [0.4, 0.5) is 4.39 Å². The molecule has 31 heavy (non-hydrogen) atoms. The molecule has 4 aromatic rings. The van der Waals surface area contributed by atoms with Crippen molar-refractivity contribution in [1.29, 1.82) is 0 Å². The molecule has 154 valence electrons. The van der Waals surface area contributed by atoms with Crippen LogP contribution in [-0.2, 0) is 15.7 Å². The topological polar surface area (TPSA) is 46.5 Å². The first-order chi connectivity index (χ1) is 15.0. The standard InChI is InChI=1S/C26H20FNO2S/c27-26(22-15-7-2-8-16-22,23-17-9-3-10-18-23)25(21-13-5-1-6-14-21)28-31(29,30)24-19-11-4-12-20-24/h1-20H/b28-25+. The first-order valence-corrected chi connectivity index (χ1v) is 11.2. The molecule has 0 bridgehead atoms. The summed E-state index contributed by atoms with van der Waals surface area (Å²) in [6, 6.07) is 33.5. The zero-order valence-electron chi connectivity index (χ0n) is 16.6. The second kappa shape index (κ2) is 8.66. The van der Waals surface area contributed by atoms with Gasteiger partial charge in [-0.25, -0.2) is 4.39 Å². The van der Waals surface area contributed by atoms with Crippen LogP contribution < -0.4 is 0 Å². The predicted octanol–water partition coefficient (Wildman–Crippen LogP) is 5.78. The van der Waals surface area contributed by atoms with Crippen LogP contribution in [-0.4, -0.2) is 14.1 Å². The van der Waals surface area contributed by atoms with Gasteiger partial charge in [0.2, 0.25) is 5.67 Å². The number of nitrogens with zero attached hydrogens (tertiary/aromatic N) is 1. The summed E-state index contributed by atoms with van der Waals surface area (Å²) >= 11 is 0. The van der Waals surface area contributed by atoms with Crippen LogP contribution in [0.1, 0.15) is 16.7 Å². The zero-order chi connectivity index (χ0) is 21.7. The monoisotopic (exact) mass is 429 g/mol. The molecule has 0 fully saturated rings. The maximum absolute atomic E-state index is 17.3. The molecule has 4 aromatic carbocycles. The third kappa shape index (κ3) is 4.18. The molecule has 0 radical (unpaired) electrons. The van der Waals surface area contributed by atoms with Crippen molar-refractivity contribution < 1.29 is 12.8 Å². The van der Waals surface area contributed by atoms with Crippen LogP contribution in [0.5, 0.6) is 0 Å². The van der Waals surface area contributed by atoms with Gasteiger partial charge in [-0.2, -0.15) is 12.8 Å². The number of hydrogen-bond acceptors (Lipinski definition) is 2. The van der Waals surface area contributed by atoms with E-state index in [1.165, 1.54) is 12.1 Å². The van der Waals surface area contributed by atoms with E-state index in [-0.39, 0.29) is 10.6 Å². The summed E-state index contributed by atoms with van der Waals surface area (Å²) in [6.45, 7) is 0. The van der Waals surface area contributed by atoms with Crippen LogP contribution in [0, 0.1) is 0 Å². The van der Waals surface area contributed by atoms with E-state index >= 15 is 4.39 Å². The summed E-state index contributed by atoms with van der Waals surface area (Å²) in [5.41, 5.74) is -1.49. The molecule has 0 aliphatic rings. The van der Waals surface area contributed by atoms with Crippen molar-refractivity contribution in [2.75, 3.05) is 0 Å². The lowest BCUT2D eigenvalue weighted by Gasteiger charge is -2.28. The van der Waals surface area contributed by atoms with Gasteiger partial charge in [0.1, 0.15) is 5.71 Å². The van der Waals surface area contributed by atoms with E-state index in [0.717, 1.165) is 0 Å². The number of alkyl halides is 1. The smallest absolute Gasteiger partial charge is 0.226 e. The minimum absolute atomic E-state index is 0.00639. The number of sulfonamides is 1. The maximum Gasteiger partial charge on any atom is 0.282 e. The lowest BCUT2D eigenvalue weighted by Crippen LogP contribution is -2.34. The molecule has 0 aliphatic heterocycles. The lowest BCUT2D eigenvalue weighted by molar-refractivity contribution is 0.321. The second-order valence-electron chi connectivity index (χ2n) is 6.98. The van der Waals surface area contributed by atoms with Crippen molar-refractivity contribution in [3.05, 3.63) is 138 Å². The van der Waals surface area contributed by atoms with Crippen molar-refractivity contribution >= 4 is 15.7 Å². The van der Waals surface area contributed by atoms with Crippen LogP contribution in [0.2, 0.25) is 0 Å². The highest BCUT2D eigenvalue weighted by Crippen LogP contribution is 2.38. The van der Waals surface area contributed by atoms with Gasteiger partial charge in [0.05, 0.1) is 4.90 Å². The van der Waals surface area contributed by atoms with Crippen molar-refractivity contribution in [2.45, 2.75) is 10.6 Å². The molecular formula is C26H20FNO2S. The summed E-state index contributed by atoms with van der Waals surface area (Å²) in [4.78, 5) is 0.00639. The molecule has 0 unspecified atom stereocenters. The highest BCUT2D eigenvalue weighted by Gasteiger charge is 2.42. The van der Waals surface area contributed by atoms with Gasteiger partial charge in [-0.3, -0.25) is 0 Å². The third-order valence-electron chi connectivity index (χ3n) is 4.97. The Labute approximate surface area is 181 Å². The fraction of sp³-hybridized carbons (Fsp3) is 0.0385. The lowest BCUT2D eigenvalue weighted by atomic mass is 9.81. The molecule has 3 nitrogen and oxygen atoms in total. The number of benzene rings is 4. The van der Waals surface area contributed by atoms with Crippen LogP contribution >= 0.6 is 0 Å². The molecule has 0 atom stereocenters. The average molecular weight is 430 g/mol. The molecule has 5 heteroatoms. The number of rotatable bonds is 6. The van der Waals surface area contributed by atoms with E-state index in [1.807, 2.05) is 0 Å². The maximum atomic E-state index is 17.3. The molecule has 0 spiro atoms. The molecule has 0 aliphatic carbocycles. The fourth-order valence-electron chi connectivity index (χ4n) is 3.45. The fourth-order valence-corrected chi connectivity index (χ4v) is 4.53. The van der Waals surface area contributed by atoms with Gasteiger partial charge in [0, 0.05) is 5.56 Å². The average Bonchev–Trinajstić information content (AvgIpc) is 2.84. The molecule has 0 N–H and O–H groups in total. The van der Waals surface area contributed by atoms with E-state index in [1.54, 1.807) is 109 Å². The number of hydrogen-bond donors (Lipinski definition) is 0. The largest absolute Gasteiger partial charge is 0.282 e. The Bertz CT molecular complexity index is 1240. The summed E-state index contributed by atoms with van der Waals surface area (Å²) < 4.78 is 47.7. The first kappa shape index (κ1) is 20.7. The van der Waals surface area contributed by atoms with Crippen molar-refractivity contribution in [3.63, 3.8) is 0 Å². The molecule has 0 heterocycles. The van der Waals surface area contributed by atoms with Gasteiger partial charge in [0.15, 0.2) is 0 Å². The van der Waals surface area contributed by atoms with E-state index in [9.17, 15) is 8.42 Å². The predicted molar refractivity (Wildman–Crippen MR) is 121 cm³/mol. The number of halogens is 1. The van der Waals surface area contributed by atoms with Gasteiger partial charge in [-0.15, -0.1) is 0 Å². The van der Waals surface area contributed by atoms with Crippen molar-refractivity contribution in [2.24, 2.45) is 4.40 Å². The molecule has 0 saturated carbocycles. The van der Waals surface area contributed by atoms with E-state index < -0.39 is 15.7 Å². The Kier molecular flexibility index (Phi) is 5.78. The summed E-state index contributed by atoms with van der Waals surface area (Å²) in [7, 11) is -4.16. The van der Waals surface area contributed by atoms with Gasteiger partial charge in [0.25, 0.3) is 10.0 Å². The second-order valence-corrected chi connectivity index (χ2v) is 8.59. The van der Waals surface area contributed by atoms with Gasteiger partial charge in [-0.05, 0) is 23.3 Å². The quantitative estimate of drug-likeness (QED) is 0.365. The Morgan fingerprint density at radius 1 is 0.613 bits per heavy atom. The minimum Gasteiger partial charge on any atom is -0.226 e. The van der Waals surface area contributed by atoms with E-state index in [4.69, 9.17) is 0 Å². The van der Waals surface area contributed by atoms with Gasteiger partial charge < -0.3 is 0 Å². The Morgan fingerprint density at radius 3 is 1.45 bits per heavy atom.